The molecule has 2 aromatic rings. The van der Waals surface area contributed by atoms with Gasteiger partial charge in [-0.05, 0) is 78.5 Å². The number of allylic oxidation sites excluding steroid dienone is 2. The molecule has 0 saturated carbocycles. The van der Waals surface area contributed by atoms with E-state index in [4.69, 9.17) is 0 Å². The van der Waals surface area contributed by atoms with Crippen molar-refractivity contribution in [3.63, 3.8) is 0 Å². The van der Waals surface area contributed by atoms with E-state index in [1.54, 1.807) is 27.7 Å². The third-order valence-corrected chi connectivity index (χ3v) is 7.57. The first-order chi connectivity index (χ1) is 14.5. The molecule has 0 saturated heterocycles. The first kappa shape index (κ1) is 22.1. The highest BCUT2D eigenvalue weighted by Crippen LogP contribution is 2.49. The Balaban J connectivity index is 2.30. The summed E-state index contributed by atoms with van der Waals surface area (Å²) in [6.07, 6.45) is 1.13. The van der Waals surface area contributed by atoms with Gasteiger partial charge in [-0.25, -0.2) is 8.78 Å². The molecule has 1 aromatic carbocycles. The van der Waals surface area contributed by atoms with Crippen LogP contribution in [0.25, 0.3) is 5.57 Å². The molecule has 1 aromatic heterocycles. The van der Waals surface area contributed by atoms with Gasteiger partial charge in [-0.1, -0.05) is 13.8 Å². The number of aromatic nitrogens is 1. The summed E-state index contributed by atoms with van der Waals surface area (Å²) >= 11 is 3.20. The van der Waals surface area contributed by atoms with E-state index in [2.05, 4.69) is 15.9 Å². The molecule has 0 radical (unpaired) electrons. The Morgan fingerprint density at radius 2 is 1.61 bits per heavy atom. The number of rotatable bonds is 3. The molecule has 4 rings (SSSR count). The van der Waals surface area contributed by atoms with Crippen molar-refractivity contribution in [2.45, 2.75) is 54.4 Å². The van der Waals surface area contributed by atoms with Gasteiger partial charge < -0.3 is 17.6 Å². The van der Waals surface area contributed by atoms with E-state index in [0.29, 0.717) is 41.0 Å². The van der Waals surface area contributed by atoms with Crippen LogP contribution >= 0.6 is 15.9 Å². The fraction of sp³-hybridized carbons (Fsp3) is 0.348. The van der Waals surface area contributed by atoms with Crippen LogP contribution in [0, 0.1) is 25.5 Å². The molecule has 164 valence electrons. The van der Waals surface area contributed by atoms with Crippen LogP contribution in [0.15, 0.2) is 33.4 Å². The van der Waals surface area contributed by atoms with Crippen molar-refractivity contribution in [1.82, 2.24) is 4.48 Å². The third kappa shape index (κ3) is 2.73. The summed E-state index contributed by atoms with van der Waals surface area (Å²) in [5.74, 6) is -1.30. The zero-order valence-corrected chi connectivity index (χ0v) is 20.0. The summed E-state index contributed by atoms with van der Waals surface area (Å²) in [5, 5.41) is 0. The Kier molecular flexibility index (Phi) is 5.15. The Morgan fingerprint density at radius 1 is 1.00 bits per heavy atom. The first-order valence-corrected chi connectivity index (χ1v) is 11.2. The first-order valence-electron chi connectivity index (χ1n) is 10.4. The van der Waals surface area contributed by atoms with Gasteiger partial charge >= 0.3 is 6.97 Å². The van der Waals surface area contributed by atoms with Crippen LogP contribution in [-0.2, 0) is 6.42 Å². The van der Waals surface area contributed by atoms with E-state index in [9.17, 15) is 4.39 Å². The molecule has 2 aliphatic heterocycles. The molecule has 2 nitrogen and oxygen atoms in total. The Labute approximate surface area is 188 Å². The summed E-state index contributed by atoms with van der Waals surface area (Å²) in [6, 6.07) is 2.08. The molecule has 0 atom stereocenters. The molecule has 2 aliphatic rings. The topological polar surface area (TPSA) is 7.94 Å². The fourth-order valence-electron chi connectivity index (χ4n) is 5.47. The van der Waals surface area contributed by atoms with Gasteiger partial charge in [0.2, 0.25) is 0 Å². The Morgan fingerprint density at radius 3 is 2.19 bits per heavy atom. The van der Waals surface area contributed by atoms with Crippen LogP contribution in [0.5, 0.6) is 0 Å². The second-order valence-corrected chi connectivity index (χ2v) is 9.00. The molecule has 3 heterocycles. The number of hydrogen-bond acceptors (Lipinski definition) is 0. The van der Waals surface area contributed by atoms with Gasteiger partial charge in [-0.2, -0.15) is 0 Å². The molecule has 0 bridgehead atoms. The number of hydrogen-bond donors (Lipinski definition) is 0. The van der Waals surface area contributed by atoms with Crippen molar-refractivity contribution in [1.29, 1.82) is 0 Å². The quantitative estimate of drug-likeness (QED) is 0.248. The van der Waals surface area contributed by atoms with E-state index >= 15 is 13.0 Å². The van der Waals surface area contributed by atoms with Crippen LogP contribution in [0.4, 0.5) is 17.4 Å². The molecule has 8 heteroatoms. The summed E-state index contributed by atoms with van der Waals surface area (Å²) in [5.41, 5.74) is 4.68. The predicted octanol–water partition coefficient (Wildman–Crippen LogP) is 6.92. The van der Waals surface area contributed by atoms with Crippen LogP contribution in [0.2, 0.25) is 0 Å². The SMILES string of the molecule is CCC1=C(C)C2=C(c3c(F)ccc(F)c3Br)c3c(C)c(CC)c(C)n3[B-](F)(F)[N+]2=C1C. The number of benzene rings is 1. The maximum atomic E-state index is 16.1. The average Bonchev–Trinajstić information content (AvgIpc) is 3.12. The van der Waals surface area contributed by atoms with E-state index in [0.717, 1.165) is 32.2 Å². The highest BCUT2D eigenvalue weighted by atomic mass is 79.9. The van der Waals surface area contributed by atoms with Gasteiger partial charge in [0, 0.05) is 29.3 Å². The Bertz CT molecular complexity index is 1250. The third-order valence-electron chi connectivity index (χ3n) is 6.79. The number of fused-ring (bicyclic) bond motifs is 2. The predicted molar refractivity (Wildman–Crippen MR) is 121 cm³/mol. The highest BCUT2D eigenvalue weighted by Gasteiger charge is 2.57. The lowest BCUT2D eigenvalue weighted by atomic mass is 9.83. The molecule has 0 unspecified atom stereocenters. The van der Waals surface area contributed by atoms with Gasteiger partial charge in [0.25, 0.3) is 0 Å². The van der Waals surface area contributed by atoms with Gasteiger partial charge in [0.1, 0.15) is 17.3 Å². The molecular weight excluding hydrogens is 471 g/mol. The zero-order valence-electron chi connectivity index (χ0n) is 18.4. The van der Waals surface area contributed by atoms with Gasteiger partial charge in [-0.3, -0.25) is 0 Å². The van der Waals surface area contributed by atoms with Crippen molar-refractivity contribution < 1.29 is 21.9 Å². The maximum Gasteiger partial charge on any atom is 0.737 e. The largest absolute Gasteiger partial charge is 0.737 e. The van der Waals surface area contributed by atoms with Crippen molar-refractivity contribution in [2.24, 2.45) is 0 Å². The minimum Gasteiger partial charge on any atom is -0.393 e. The van der Waals surface area contributed by atoms with Gasteiger partial charge in [-0.15, -0.1) is 0 Å². The molecule has 0 fully saturated rings. The second kappa shape index (κ2) is 7.22. The van der Waals surface area contributed by atoms with Crippen molar-refractivity contribution in [3.05, 3.63) is 73.2 Å². The van der Waals surface area contributed by atoms with Crippen molar-refractivity contribution in [3.8, 4) is 0 Å². The minimum atomic E-state index is -4.21. The van der Waals surface area contributed by atoms with E-state index in [1.807, 2.05) is 13.8 Å². The molecule has 0 spiro atoms. The molecule has 0 aliphatic carbocycles. The Hall–Kier alpha value is -2.09. The summed E-state index contributed by atoms with van der Waals surface area (Å²) in [6.45, 7) is 6.55. The monoisotopic (exact) mass is 494 g/mol. The minimum absolute atomic E-state index is 0.0275. The van der Waals surface area contributed by atoms with Gasteiger partial charge in [0.05, 0.1) is 10.0 Å². The lowest BCUT2D eigenvalue weighted by molar-refractivity contribution is -0.363. The number of halogens is 5. The van der Waals surface area contributed by atoms with Crippen LogP contribution in [-0.4, -0.2) is 21.6 Å². The van der Waals surface area contributed by atoms with Gasteiger partial charge in [0.15, 0.2) is 5.70 Å². The van der Waals surface area contributed by atoms with Crippen LogP contribution < -0.4 is 0 Å². The van der Waals surface area contributed by atoms with E-state index < -0.39 is 18.6 Å². The zero-order chi connectivity index (χ0) is 23.0. The average molecular weight is 495 g/mol. The molecular formula is C23H24BBrF4N2. The molecule has 31 heavy (non-hydrogen) atoms. The summed E-state index contributed by atoms with van der Waals surface area (Å²) in [7, 11) is 0. The molecule has 0 amide bonds. The standard InChI is InChI=1S/C23H24BBrF4N2/c1-7-15-11(3)22-20(19-17(26)9-10-18(27)21(19)25)23-12(4)16(8-2)14(6)31(23)24(28,29)30(22)13(15)5/h9-10H,7-8H2,1-6H3. The maximum absolute atomic E-state index is 16.1. The molecule has 0 N–H and O–H groups in total. The summed E-state index contributed by atoms with van der Waals surface area (Å²) < 4.78 is 64.1. The second-order valence-electron chi connectivity index (χ2n) is 8.20. The fourth-order valence-corrected chi connectivity index (χ4v) is 5.99. The smallest absolute Gasteiger partial charge is 0.393 e. The number of nitrogens with zero attached hydrogens (tertiary/aromatic N) is 2. The normalized spacial score (nSPS) is 17.6. The van der Waals surface area contributed by atoms with E-state index in [1.165, 1.54) is 0 Å². The van der Waals surface area contributed by atoms with Crippen LogP contribution in [0.3, 0.4) is 0 Å². The van der Waals surface area contributed by atoms with Crippen LogP contribution in [0.1, 0.15) is 62.2 Å². The van der Waals surface area contributed by atoms with Crippen molar-refractivity contribution >= 4 is 34.2 Å². The van der Waals surface area contributed by atoms with E-state index in [-0.39, 0.29) is 21.4 Å². The lowest BCUT2D eigenvalue weighted by Gasteiger charge is -2.34. The summed E-state index contributed by atoms with van der Waals surface area (Å²) in [4.78, 5) is 0. The lowest BCUT2D eigenvalue weighted by Crippen LogP contribution is -2.51. The highest BCUT2D eigenvalue weighted by molar-refractivity contribution is 9.10. The van der Waals surface area contributed by atoms with Crippen molar-refractivity contribution in [2.75, 3.05) is 0 Å².